The molecule has 0 saturated carbocycles. The van der Waals surface area contributed by atoms with Gasteiger partial charge in [0.1, 0.15) is 34.5 Å². The molecule has 60 heavy (non-hydrogen) atoms. The molecule has 0 radical (unpaired) electrons. The first kappa shape index (κ1) is 33.1. The molecule has 4 heterocycles. The first-order chi connectivity index (χ1) is 29.6. The molecular formula is C52H24N6O2. The van der Waals surface area contributed by atoms with Crippen LogP contribution in [0.3, 0.4) is 0 Å². The molecule has 274 valence electrons. The van der Waals surface area contributed by atoms with Gasteiger partial charge in [0.2, 0.25) is 0 Å². The largest absolute Gasteiger partial charge is 0.456 e. The number of para-hydroxylation sites is 4. The highest BCUT2D eigenvalue weighted by Gasteiger charge is 2.28. The Labute approximate surface area is 340 Å². The molecule has 0 aliphatic heterocycles. The van der Waals surface area contributed by atoms with Crippen molar-refractivity contribution < 1.29 is 8.83 Å². The molecular weight excluding hydrogens is 741 g/mol. The van der Waals surface area contributed by atoms with E-state index in [-0.39, 0.29) is 22.3 Å². The molecule has 8 nitrogen and oxygen atoms in total. The number of nitrogens with zero attached hydrogens (tertiary/aromatic N) is 6. The van der Waals surface area contributed by atoms with Crippen LogP contribution in [0.1, 0.15) is 22.3 Å². The number of aromatic nitrogens is 2. The van der Waals surface area contributed by atoms with Gasteiger partial charge in [-0.1, -0.05) is 72.8 Å². The lowest BCUT2D eigenvalue weighted by Gasteiger charge is -2.21. The molecule has 0 amide bonds. The van der Waals surface area contributed by atoms with Crippen molar-refractivity contribution in [1.82, 2.24) is 9.13 Å². The van der Waals surface area contributed by atoms with Crippen molar-refractivity contribution in [1.29, 1.82) is 21.0 Å². The van der Waals surface area contributed by atoms with E-state index in [2.05, 4.69) is 57.7 Å². The summed E-state index contributed by atoms with van der Waals surface area (Å²) in [5, 5.41) is 50.7. The van der Waals surface area contributed by atoms with E-state index in [0.717, 1.165) is 87.5 Å². The predicted molar refractivity (Wildman–Crippen MR) is 234 cm³/mol. The molecule has 0 N–H and O–H groups in total. The number of hydrogen-bond acceptors (Lipinski definition) is 6. The molecule has 4 aromatic heterocycles. The van der Waals surface area contributed by atoms with Crippen molar-refractivity contribution in [2.24, 2.45) is 0 Å². The number of nitriles is 4. The van der Waals surface area contributed by atoms with Crippen molar-refractivity contribution in [3.8, 4) is 46.8 Å². The van der Waals surface area contributed by atoms with Crippen LogP contribution in [0.4, 0.5) is 0 Å². The molecule has 0 fully saturated rings. The Kier molecular flexibility index (Phi) is 6.73. The first-order valence-electron chi connectivity index (χ1n) is 19.2. The third kappa shape index (κ3) is 4.34. The average Bonchev–Trinajstić information content (AvgIpc) is 4.05. The summed E-state index contributed by atoms with van der Waals surface area (Å²) >= 11 is 0. The molecule has 0 atom stereocenters. The highest BCUT2D eigenvalue weighted by Crippen LogP contribution is 2.47. The molecule has 0 aliphatic rings. The Morgan fingerprint density at radius 3 is 1.17 bits per heavy atom. The van der Waals surface area contributed by atoms with Gasteiger partial charge in [0.05, 0.1) is 67.8 Å². The zero-order chi connectivity index (χ0) is 40.2. The second-order valence-electron chi connectivity index (χ2n) is 14.9. The fourth-order valence-electron chi connectivity index (χ4n) is 9.49. The maximum absolute atomic E-state index is 11.0. The molecule has 12 rings (SSSR count). The van der Waals surface area contributed by atoms with Crippen LogP contribution in [0.25, 0.3) is 110 Å². The van der Waals surface area contributed by atoms with E-state index in [0.29, 0.717) is 22.5 Å². The number of benzene rings is 8. The summed E-state index contributed by atoms with van der Waals surface area (Å²) in [7, 11) is 0. The Morgan fingerprint density at radius 2 is 0.750 bits per heavy atom. The quantitative estimate of drug-likeness (QED) is 0.176. The van der Waals surface area contributed by atoms with Crippen molar-refractivity contribution in [2.75, 3.05) is 0 Å². The molecule has 0 saturated heterocycles. The van der Waals surface area contributed by atoms with Gasteiger partial charge < -0.3 is 18.0 Å². The minimum Gasteiger partial charge on any atom is -0.456 e. The second-order valence-corrected chi connectivity index (χ2v) is 14.9. The third-order valence-electron chi connectivity index (χ3n) is 11.8. The molecule has 12 aromatic rings. The lowest BCUT2D eigenvalue weighted by atomic mass is 9.92. The number of fused-ring (bicyclic) bond motifs is 14. The van der Waals surface area contributed by atoms with Crippen LogP contribution in [0.5, 0.6) is 0 Å². The molecule has 0 unspecified atom stereocenters. The van der Waals surface area contributed by atoms with Crippen molar-refractivity contribution >= 4 is 87.5 Å². The van der Waals surface area contributed by atoms with Gasteiger partial charge >= 0.3 is 0 Å². The standard InChI is InChI=1S/C52H24N6O2/c53-25-29-21-31(27-55)51(57-39-13-5-1-9-33(39)47-41(57)17-19-45-49(47)35-11-3-7-15-43(35)59-45)37(23-29)38-24-30(26-54)22-32(28-56)52(38)58-40-14-6-2-10-34(40)48-42(58)18-20-46-50(48)36-12-4-8-16-44(36)60-46/h1-24H. The molecule has 8 aromatic carbocycles. The van der Waals surface area contributed by atoms with E-state index in [1.165, 1.54) is 0 Å². The van der Waals surface area contributed by atoms with Crippen LogP contribution < -0.4 is 0 Å². The highest BCUT2D eigenvalue weighted by atomic mass is 16.3. The van der Waals surface area contributed by atoms with E-state index in [1.807, 2.05) is 97.1 Å². The van der Waals surface area contributed by atoms with Gasteiger partial charge in [0.25, 0.3) is 0 Å². The summed E-state index contributed by atoms with van der Waals surface area (Å²) in [5.74, 6) is 0. The maximum atomic E-state index is 11.0. The molecule has 0 spiro atoms. The lowest BCUT2D eigenvalue weighted by Crippen LogP contribution is -2.06. The van der Waals surface area contributed by atoms with Crippen molar-refractivity contribution in [3.05, 3.63) is 168 Å². The summed E-state index contributed by atoms with van der Waals surface area (Å²) in [5.41, 5.74) is 9.38. The first-order valence-corrected chi connectivity index (χ1v) is 19.2. The van der Waals surface area contributed by atoms with Crippen LogP contribution >= 0.6 is 0 Å². The Morgan fingerprint density at radius 1 is 0.350 bits per heavy atom. The topological polar surface area (TPSA) is 131 Å². The van der Waals surface area contributed by atoms with Crippen molar-refractivity contribution in [2.45, 2.75) is 0 Å². The van der Waals surface area contributed by atoms with Gasteiger partial charge in [-0.05, 0) is 72.8 Å². The summed E-state index contributed by atoms with van der Waals surface area (Å²) < 4.78 is 16.8. The summed E-state index contributed by atoms with van der Waals surface area (Å²) in [6.45, 7) is 0. The third-order valence-corrected chi connectivity index (χ3v) is 11.8. The molecule has 8 heteroatoms. The van der Waals surface area contributed by atoms with Gasteiger partial charge in [-0.25, -0.2) is 0 Å². The Balaban J connectivity index is 1.27. The van der Waals surface area contributed by atoms with Crippen LogP contribution in [-0.4, -0.2) is 9.13 Å². The highest BCUT2D eigenvalue weighted by molar-refractivity contribution is 6.29. The SMILES string of the molecule is N#Cc1cc(C#N)c(-n2c3ccccc3c3c4c(ccc32)oc2ccccc24)c(-c2cc(C#N)cc(C#N)c2-n2c3ccccc3c3c4c(ccc32)oc2ccccc24)c1. The van der Waals surface area contributed by atoms with Crippen LogP contribution in [0.2, 0.25) is 0 Å². The molecule has 0 bridgehead atoms. The van der Waals surface area contributed by atoms with Crippen LogP contribution in [0.15, 0.2) is 154 Å². The fourth-order valence-corrected chi connectivity index (χ4v) is 9.49. The monoisotopic (exact) mass is 764 g/mol. The summed E-state index contributed by atoms with van der Waals surface area (Å²) in [4.78, 5) is 0. The zero-order valence-electron chi connectivity index (χ0n) is 31.4. The fraction of sp³-hybridized carbons (Fsp3) is 0. The summed E-state index contributed by atoms with van der Waals surface area (Å²) in [6, 6.07) is 56.1. The van der Waals surface area contributed by atoms with Gasteiger partial charge in [-0.2, -0.15) is 21.0 Å². The number of hydrogen-bond donors (Lipinski definition) is 0. The summed E-state index contributed by atoms with van der Waals surface area (Å²) in [6.07, 6.45) is 0. The second kappa shape index (κ2) is 12.2. The number of furan rings is 2. The Hall–Kier alpha value is -9.08. The van der Waals surface area contributed by atoms with E-state index < -0.39 is 0 Å². The van der Waals surface area contributed by atoms with E-state index >= 15 is 0 Å². The average molecular weight is 765 g/mol. The minimum atomic E-state index is 0.254. The van der Waals surface area contributed by atoms with E-state index in [1.54, 1.807) is 24.3 Å². The minimum absolute atomic E-state index is 0.254. The smallest absolute Gasteiger partial charge is 0.136 e. The van der Waals surface area contributed by atoms with E-state index in [9.17, 15) is 21.0 Å². The zero-order valence-corrected chi connectivity index (χ0v) is 31.4. The predicted octanol–water partition coefficient (Wildman–Crippen LogP) is 12.8. The number of rotatable bonds is 3. The van der Waals surface area contributed by atoms with Crippen LogP contribution in [-0.2, 0) is 0 Å². The van der Waals surface area contributed by atoms with Gasteiger partial charge in [0.15, 0.2) is 0 Å². The Bertz CT molecular complexity index is 3810. The van der Waals surface area contributed by atoms with Gasteiger partial charge in [0, 0.05) is 54.2 Å². The lowest BCUT2D eigenvalue weighted by molar-refractivity contribution is 0.669. The van der Waals surface area contributed by atoms with E-state index in [4.69, 9.17) is 8.83 Å². The normalized spacial score (nSPS) is 11.6. The van der Waals surface area contributed by atoms with Gasteiger partial charge in [-0.3, -0.25) is 0 Å². The van der Waals surface area contributed by atoms with Crippen LogP contribution in [0, 0.1) is 45.3 Å². The van der Waals surface area contributed by atoms with Gasteiger partial charge in [-0.15, -0.1) is 0 Å². The molecule has 0 aliphatic carbocycles. The van der Waals surface area contributed by atoms with Crippen molar-refractivity contribution in [3.63, 3.8) is 0 Å². The maximum Gasteiger partial charge on any atom is 0.136 e.